The van der Waals surface area contributed by atoms with Crippen molar-refractivity contribution in [2.75, 3.05) is 0 Å². The molecule has 0 aliphatic rings. The normalized spacial score (nSPS) is 13.8. The van der Waals surface area contributed by atoms with Gasteiger partial charge in [0.25, 0.3) is 0 Å². The van der Waals surface area contributed by atoms with Crippen LogP contribution < -0.4 is 0 Å². The Morgan fingerprint density at radius 3 is 1.16 bits per heavy atom. The molecule has 0 atom stereocenters. The zero-order chi connectivity index (χ0) is 15.2. The van der Waals surface area contributed by atoms with Gasteiger partial charge in [0.15, 0.2) is 0 Å². The van der Waals surface area contributed by atoms with Crippen molar-refractivity contribution in [3.05, 3.63) is 33.3 Å². The third kappa shape index (κ3) is 3.84. The molecule has 1 aromatic rings. The number of rotatable bonds is 0. The van der Waals surface area contributed by atoms with E-state index in [2.05, 4.69) is 90.4 Å². The van der Waals surface area contributed by atoms with Crippen molar-refractivity contribution in [2.24, 2.45) is 0 Å². The zero-order valence-electron chi connectivity index (χ0n) is 14.0. The Morgan fingerprint density at radius 2 is 0.947 bits per heavy atom. The zero-order valence-corrected chi connectivity index (χ0v) is 15.6. The van der Waals surface area contributed by atoms with E-state index in [-0.39, 0.29) is 16.2 Å². The molecule has 0 fully saturated rings. The van der Waals surface area contributed by atoms with Crippen molar-refractivity contribution in [2.45, 2.75) is 78.6 Å². The maximum Gasteiger partial charge on any atom is 0.0250 e. The van der Waals surface area contributed by atoms with E-state index in [0.717, 1.165) is 0 Å². The van der Waals surface area contributed by atoms with Gasteiger partial charge in [-0.05, 0) is 32.9 Å². The Labute approximate surface area is 128 Å². The van der Waals surface area contributed by atoms with Crippen LogP contribution in [0.25, 0.3) is 0 Å². The third-order valence-electron chi connectivity index (χ3n) is 3.55. The van der Waals surface area contributed by atoms with Crippen molar-refractivity contribution >= 4 is 15.9 Å². The molecule has 0 heterocycles. The highest BCUT2D eigenvalue weighted by Gasteiger charge is 2.27. The van der Waals surface area contributed by atoms with E-state index < -0.39 is 0 Å². The van der Waals surface area contributed by atoms with Gasteiger partial charge in [0.05, 0.1) is 0 Å². The molecule has 1 aromatic carbocycles. The molecule has 0 nitrogen and oxygen atoms in total. The smallest absolute Gasteiger partial charge is 0.0250 e. The van der Waals surface area contributed by atoms with Gasteiger partial charge >= 0.3 is 0 Å². The Bertz CT molecular complexity index is 427. The third-order valence-corrected chi connectivity index (χ3v) is 4.41. The number of benzene rings is 1. The first kappa shape index (κ1) is 16.8. The Hall–Kier alpha value is -0.300. The van der Waals surface area contributed by atoms with Crippen LogP contribution in [0.15, 0.2) is 16.6 Å². The van der Waals surface area contributed by atoms with Gasteiger partial charge in [0, 0.05) is 4.47 Å². The van der Waals surface area contributed by atoms with Crippen molar-refractivity contribution in [3.63, 3.8) is 0 Å². The second-order valence-corrected chi connectivity index (χ2v) is 9.43. The number of halogens is 1. The molecule has 0 bridgehead atoms. The Morgan fingerprint density at radius 1 is 0.632 bits per heavy atom. The van der Waals surface area contributed by atoms with Gasteiger partial charge in [0.1, 0.15) is 0 Å². The lowest BCUT2D eigenvalue weighted by atomic mass is 9.75. The van der Waals surface area contributed by atoms with Gasteiger partial charge in [-0.1, -0.05) is 90.4 Å². The van der Waals surface area contributed by atoms with Gasteiger partial charge in [-0.15, -0.1) is 0 Å². The van der Waals surface area contributed by atoms with E-state index >= 15 is 0 Å². The summed E-state index contributed by atoms with van der Waals surface area (Å²) in [6.07, 6.45) is 0. The topological polar surface area (TPSA) is 0 Å². The molecule has 19 heavy (non-hydrogen) atoms. The van der Waals surface area contributed by atoms with Crippen LogP contribution in [-0.2, 0) is 16.2 Å². The fraction of sp³-hybridized carbons (Fsp3) is 0.667. The summed E-state index contributed by atoms with van der Waals surface area (Å²) in [6, 6.07) is 4.75. The van der Waals surface area contributed by atoms with Gasteiger partial charge in [-0.25, -0.2) is 0 Å². The maximum absolute atomic E-state index is 3.85. The second kappa shape index (κ2) is 4.91. The van der Waals surface area contributed by atoms with Crippen molar-refractivity contribution < 1.29 is 0 Å². The molecule has 0 aliphatic carbocycles. The molecule has 0 amide bonds. The summed E-state index contributed by atoms with van der Waals surface area (Å²) in [5.41, 5.74) is 4.72. The molecule has 0 N–H and O–H groups in total. The van der Waals surface area contributed by atoms with Crippen LogP contribution in [0.3, 0.4) is 0 Å². The quantitative estimate of drug-likeness (QED) is 0.522. The standard InChI is InChI=1S/C18H29Br/c1-16(2,3)12-10-13(17(4,5)6)15(19)14(11-12)18(7,8)9/h10-11H,1-9H3. The second-order valence-electron chi connectivity index (χ2n) is 8.64. The van der Waals surface area contributed by atoms with E-state index in [1.54, 1.807) is 0 Å². The predicted molar refractivity (Wildman–Crippen MR) is 90.2 cm³/mol. The van der Waals surface area contributed by atoms with E-state index in [4.69, 9.17) is 0 Å². The van der Waals surface area contributed by atoms with Crippen LogP contribution in [0.4, 0.5) is 0 Å². The lowest BCUT2D eigenvalue weighted by Gasteiger charge is -2.31. The van der Waals surface area contributed by atoms with Crippen LogP contribution in [0.2, 0.25) is 0 Å². The SMILES string of the molecule is CC(C)(C)c1cc(C(C)(C)C)c(Br)c(C(C)(C)C)c1. The highest BCUT2D eigenvalue weighted by molar-refractivity contribution is 9.10. The summed E-state index contributed by atoms with van der Waals surface area (Å²) < 4.78 is 1.28. The van der Waals surface area contributed by atoms with Crippen LogP contribution in [0.1, 0.15) is 79.0 Å². The molecule has 0 radical (unpaired) electrons. The summed E-state index contributed by atoms with van der Waals surface area (Å²) >= 11 is 3.85. The van der Waals surface area contributed by atoms with Crippen LogP contribution in [0.5, 0.6) is 0 Å². The monoisotopic (exact) mass is 324 g/mol. The minimum absolute atomic E-state index is 0.153. The van der Waals surface area contributed by atoms with Gasteiger partial charge in [0.2, 0.25) is 0 Å². The first-order chi connectivity index (χ1) is 8.24. The molecule has 1 heteroatoms. The van der Waals surface area contributed by atoms with Crippen LogP contribution >= 0.6 is 15.9 Å². The van der Waals surface area contributed by atoms with E-state index in [1.807, 2.05) is 0 Å². The molecule has 0 saturated carbocycles. The molecular weight excluding hydrogens is 296 g/mol. The first-order valence-corrected chi connectivity index (χ1v) is 7.89. The van der Waals surface area contributed by atoms with Crippen LogP contribution in [-0.4, -0.2) is 0 Å². The molecule has 0 aliphatic heterocycles. The molecule has 0 aromatic heterocycles. The van der Waals surface area contributed by atoms with E-state index in [0.29, 0.717) is 0 Å². The average Bonchev–Trinajstić information content (AvgIpc) is 2.11. The summed E-state index contributed by atoms with van der Waals surface area (Å²) in [7, 11) is 0. The number of hydrogen-bond donors (Lipinski definition) is 0. The fourth-order valence-corrected chi connectivity index (χ4v) is 3.57. The molecule has 0 spiro atoms. The van der Waals surface area contributed by atoms with Crippen LogP contribution in [0, 0.1) is 0 Å². The van der Waals surface area contributed by atoms with Gasteiger partial charge < -0.3 is 0 Å². The minimum Gasteiger partial charge on any atom is -0.0561 e. The molecule has 1 rings (SSSR count). The van der Waals surface area contributed by atoms with E-state index in [1.165, 1.54) is 21.2 Å². The largest absolute Gasteiger partial charge is 0.0561 e. The fourth-order valence-electron chi connectivity index (χ4n) is 2.15. The lowest BCUT2D eigenvalue weighted by Crippen LogP contribution is -2.22. The van der Waals surface area contributed by atoms with Gasteiger partial charge in [-0.2, -0.15) is 0 Å². The van der Waals surface area contributed by atoms with Crippen molar-refractivity contribution in [1.82, 2.24) is 0 Å². The average molecular weight is 325 g/mol. The maximum atomic E-state index is 3.85. The first-order valence-electron chi connectivity index (χ1n) is 7.09. The highest BCUT2D eigenvalue weighted by Crippen LogP contribution is 2.40. The molecule has 0 unspecified atom stereocenters. The Balaban J connectivity index is 3.68. The van der Waals surface area contributed by atoms with Crippen molar-refractivity contribution in [3.8, 4) is 0 Å². The van der Waals surface area contributed by atoms with Gasteiger partial charge in [-0.3, -0.25) is 0 Å². The number of hydrogen-bond acceptors (Lipinski definition) is 0. The summed E-state index contributed by atoms with van der Waals surface area (Å²) in [5.74, 6) is 0. The Kier molecular flexibility index (Phi) is 4.33. The van der Waals surface area contributed by atoms with E-state index in [9.17, 15) is 0 Å². The molecule has 108 valence electrons. The minimum atomic E-state index is 0.153. The van der Waals surface area contributed by atoms with Crippen molar-refractivity contribution in [1.29, 1.82) is 0 Å². The summed E-state index contributed by atoms with van der Waals surface area (Å²) in [4.78, 5) is 0. The predicted octanol–water partition coefficient (Wildman–Crippen LogP) is 6.34. The highest BCUT2D eigenvalue weighted by atomic mass is 79.9. The lowest BCUT2D eigenvalue weighted by molar-refractivity contribution is 0.544. The molecular formula is C18H29Br. The summed E-state index contributed by atoms with van der Waals surface area (Å²) in [5, 5.41) is 0. The summed E-state index contributed by atoms with van der Waals surface area (Å²) in [6.45, 7) is 20.6. The molecule has 0 saturated heterocycles.